The summed E-state index contributed by atoms with van der Waals surface area (Å²) in [5.74, 6) is -0.805. The molecule has 0 saturated carbocycles. The van der Waals surface area contributed by atoms with Crippen molar-refractivity contribution in [3.8, 4) is 0 Å². The number of aliphatic hydroxyl groups excluding tert-OH is 1. The van der Waals surface area contributed by atoms with Gasteiger partial charge in [0, 0.05) is 0 Å². The summed E-state index contributed by atoms with van der Waals surface area (Å²) in [5, 5.41) is 10.1. The van der Waals surface area contributed by atoms with E-state index >= 15 is 0 Å². The summed E-state index contributed by atoms with van der Waals surface area (Å²) in [7, 11) is 0. The number of β-amino-alcohol motifs (C(OH)–C–C–N with tert-alkyl or cyclic N) is 1. The van der Waals surface area contributed by atoms with Gasteiger partial charge in [-0.2, -0.15) is 0 Å². The molecule has 1 aliphatic heterocycles. The number of hydrogen-bond acceptors (Lipinski definition) is 4. The summed E-state index contributed by atoms with van der Waals surface area (Å²) in [6, 6.07) is 7.50. The van der Waals surface area contributed by atoms with E-state index in [0.29, 0.717) is 5.56 Å². The highest BCUT2D eigenvalue weighted by Crippen LogP contribution is 2.17. The lowest BCUT2D eigenvalue weighted by Gasteiger charge is -2.27. The van der Waals surface area contributed by atoms with Gasteiger partial charge in [0.25, 0.3) is 11.8 Å². The molecule has 1 unspecified atom stereocenters. The number of amides is 2. The monoisotopic (exact) mass is 263 g/mol. The van der Waals surface area contributed by atoms with Crippen LogP contribution >= 0.6 is 0 Å². The van der Waals surface area contributed by atoms with Crippen LogP contribution in [0.3, 0.4) is 0 Å². The Kier molecular flexibility index (Phi) is 4.29. The van der Waals surface area contributed by atoms with Crippen molar-refractivity contribution in [2.75, 3.05) is 19.8 Å². The third-order valence-corrected chi connectivity index (χ3v) is 3.18. The molecule has 1 atom stereocenters. The molecule has 2 rings (SSSR count). The van der Waals surface area contributed by atoms with E-state index in [-0.39, 0.29) is 19.8 Å². The molecule has 0 aromatic heterocycles. The first-order valence-electron chi connectivity index (χ1n) is 6.29. The molecule has 1 heterocycles. The van der Waals surface area contributed by atoms with Crippen molar-refractivity contribution in [1.82, 2.24) is 4.90 Å². The van der Waals surface area contributed by atoms with Crippen LogP contribution in [0.1, 0.15) is 24.2 Å². The van der Waals surface area contributed by atoms with E-state index in [0.717, 1.165) is 11.3 Å². The number of rotatable bonds is 4. The first kappa shape index (κ1) is 13.7. The Balaban J connectivity index is 2.04. The van der Waals surface area contributed by atoms with Crippen molar-refractivity contribution in [2.24, 2.45) is 0 Å². The van der Waals surface area contributed by atoms with Gasteiger partial charge in [0.1, 0.15) is 13.2 Å². The van der Waals surface area contributed by atoms with E-state index in [9.17, 15) is 14.7 Å². The molecule has 1 saturated heterocycles. The van der Waals surface area contributed by atoms with E-state index < -0.39 is 17.9 Å². The van der Waals surface area contributed by atoms with E-state index in [4.69, 9.17) is 4.74 Å². The van der Waals surface area contributed by atoms with Crippen LogP contribution in [-0.4, -0.2) is 41.6 Å². The fraction of sp³-hybridized carbons (Fsp3) is 0.429. The van der Waals surface area contributed by atoms with Crippen molar-refractivity contribution in [3.05, 3.63) is 35.4 Å². The van der Waals surface area contributed by atoms with Crippen molar-refractivity contribution in [2.45, 2.75) is 19.4 Å². The summed E-state index contributed by atoms with van der Waals surface area (Å²) < 4.78 is 4.82. The average Bonchev–Trinajstić information content (AvgIpc) is 2.43. The van der Waals surface area contributed by atoms with Crippen LogP contribution in [-0.2, 0) is 20.7 Å². The number of aliphatic hydroxyl groups is 1. The van der Waals surface area contributed by atoms with Crippen LogP contribution in [0.15, 0.2) is 24.3 Å². The Morgan fingerprint density at radius 3 is 2.32 bits per heavy atom. The Bertz CT molecular complexity index is 453. The number of imide groups is 1. The molecule has 0 spiro atoms. The van der Waals surface area contributed by atoms with E-state index in [1.54, 1.807) is 0 Å². The van der Waals surface area contributed by atoms with Gasteiger partial charge in [0.05, 0.1) is 12.6 Å². The van der Waals surface area contributed by atoms with Crippen LogP contribution in [0.2, 0.25) is 0 Å². The number of aryl methyl sites for hydroxylation is 1. The third-order valence-electron chi connectivity index (χ3n) is 3.18. The molecule has 0 aliphatic carbocycles. The Morgan fingerprint density at radius 2 is 1.79 bits per heavy atom. The predicted octanol–water partition coefficient (Wildman–Crippen LogP) is 0.668. The van der Waals surface area contributed by atoms with Gasteiger partial charge in [-0.25, -0.2) is 0 Å². The number of nitrogens with zero attached hydrogens (tertiary/aromatic N) is 1. The summed E-state index contributed by atoms with van der Waals surface area (Å²) in [5.41, 5.74) is 1.87. The van der Waals surface area contributed by atoms with Crippen LogP contribution in [0.25, 0.3) is 0 Å². The molecule has 1 aromatic rings. The van der Waals surface area contributed by atoms with Gasteiger partial charge in [-0.15, -0.1) is 0 Å². The fourth-order valence-electron chi connectivity index (χ4n) is 1.98. The highest BCUT2D eigenvalue weighted by Gasteiger charge is 2.28. The van der Waals surface area contributed by atoms with Gasteiger partial charge in [-0.05, 0) is 17.5 Å². The standard InChI is InChI=1S/C14H17NO4/c1-2-10-3-5-11(6-4-10)12(16)7-15-13(17)8-19-9-14(15)18/h3-6,12,16H,2,7-9H2,1H3. The average molecular weight is 263 g/mol. The number of morpholine rings is 1. The normalized spacial score (nSPS) is 17.7. The second kappa shape index (κ2) is 5.95. The summed E-state index contributed by atoms with van der Waals surface area (Å²) >= 11 is 0. The molecule has 1 aliphatic rings. The Hall–Kier alpha value is -1.72. The second-order valence-corrected chi connectivity index (χ2v) is 4.50. The van der Waals surface area contributed by atoms with Crippen LogP contribution in [0.5, 0.6) is 0 Å². The minimum absolute atomic E-state index is 0.0213. The number of hydrogen-bond donors (Lipinski definition) is 1. The van der Waals surface area contributed by atoms with Gasteiger partial charge in [0.15, 0.2) is 0 Å². The van der Waals surface area contributed by atoms with Crippen LogP contribution in [0.4, 0.5) is 0 Å². The zero-order valence-electron chi connectivity index (χ0n) is 10.8. The van der Waals surface area contributed by atoms with Gasteiger partial charge < -0.3 is 9.84 Å². The first-order chi connectivity index (χ1) is 9.11. The lowest BCUT2D eigenvalue weighted by molar-refractivity contribution is -0.160. The van der Waals surface area contributed by atoms with Crippen molar-refractivity contribution < 1.29 is 19.4 Å². The zero-order chi connectivity index (χ0) is 13.8. The fourth-order valence-corrected chi connectivity index (χ4v) is 1.98. The molecule has 102 valence electrons. The molecule has 0 radical (unpaired) electrons. The first-order valence-corrected chi connectivity index (χ1v) is 6.29. The highest BCUT2D eigenvalue weighted by atomic mass is 16.5. The predicted molar refractivity (Wildman–Crippen MR) is 68.3 cm³/mol. The molecule has 2 amide bonds. The van der Waals surface area contributed by atoms with Crippen LogP contribution in [0, 0.1) is 0 Å². The molecule has 19 heavy (non-hydrogen) atoms. The molecular weight excluding hydrogens is 246 g/mol. The Labute approximate surface area is 111 Å². The molecule has 1 aromatic carbocycles. The van der Waals surface area contributed by atoms with Crippen LogP contribution < -0.4 is 0 Å². The van der Waals surface area contributed by atoms with Gasteiger partial charge >= 0.3 is 0 Å². The molecule has 1 fully saturated rings. The van der Waals surface area contributed by atoms with Gasteiger partial charge in [0.2, 0.25) is 0 Å². The number of ether oxygens (including phenoxy) is 1. The van der Waals surface area contributed by atoms with Crippen molar-refractivity contribution in [3.63, 3.8) is 0 Å². The molecule has 5 heteroatoms. The maximum atomic E-state index is 11.5. The number of benzene rings is 1. The van der Waals surface area contributed by atoms with E-state index in [1.807, 2.05) is 24.3 Å². The van der Waals surface area contributed by atoms with E-state index in [2.05, 4.69) is 6.92 Å². The SMILES string of the molecule is CCc1ccc(C(O)CN2C(=O)COCC2=O)cc1. The Morgan fingerprint density at radius 1 is 1.21 bits per heavy atom. The maximum Gasteiger partial charge on any atom is 0.255 e. The topological polar surface area (TPSA) is 66.8 Å². The summed E-state index contributed by atoms with van der Waals surface area (Å²) in [4.78, 5) is 24.1. The lowest BCUT2D eigenvalue weighted by Crippen LogP contribution is -2.47. The maximum absolute atomic E-state index is 11.5. The number of carbonyl (C=O) groups excluding carboxylic acids is 2. The minimum Gasteiger partial charge on any atom is -0.387 e. The quantitative estimate of drug-likeness (QED) is 0.811. The molecular formula is C14H17NO4. The molecule has 1 N–H and O–H groups in total. The summed E-state index contributed by atoms with van der Waals surface area (Å²) in [6.45, 7) is 1.82. The van der Waals surface area contributed by atoms with Gasteiger partial charge in [-0.1, -0.05) is 31.2 Å². The lowest BCUT2D eigenvalue weighted by atomic mass is 10.1. The summed E-state index contributed by atoms with van der Waals surface area (Å²) in [6.07, 6.45) is 0.0634. The third kappa shape index (κ3) is 3.19. The van der Waals surface area contributed by atoms with Crippen molar-refractivity contribution in [1.29, 1.82) is 0 Å². The highest BCUT2D eigenvalue weighted by molar-refractivity contribution is 5.98. The molecule has 0 bridgehead atoms. The zero-order valence-corrected chi connectivity index (χ0v) is 10.8. The van der Waals surface area contributed by atoms with E-state index in [1.165, 1.54) is 5.56 Å². The largest absolute Gasteiger partial charge is 0.387 e. The van der Waals surface area contributed by atoms with Gasteiger partial charge in [-0.3, -0.25) is 14.5 Å². The smallest absolute Gasteiger partial charge is 0.255 e. The van der Waals surface area contributed by atoms with Crippen molar-refractivity contribution >= 4 is 11.8 Å². The number of carbonyl (C=O) groups is 2. The second-order valence-electron chi connectivity index (χ2n) is 4.50. The molecule has 5 nitrogen and oxygen atoms in total. The minimum atomic E-state index is -0.864.